The van der Waals surface area contributed by atoms with Gasteiger partial charge in [-0.05, 0) is 43.1 Å². The summed E-state index contributed by atoms with van der Waals surface area (Å²) in [7, 11) is 1.79. The molecule has 2 atom stereocenters. The molecule has 1 fully saturated rings. The smallest absolute Gasteiger partial charge is 0.0493 e. The van der Waals surface area contributed by atoms with E-state index < -0.39 is 0 Å². The lowest BCUT2D eigenvalue weighted by molar-refractivity contribution is 0.0496. The number of nitrogens with two attached hydrogens (primary N) is 1. The Morgan fingerprint density at radius 2 is 2.08 bits per heavy atom. The van der Waals surface area contributed by atoms with E-state index in [0.29, 0.717) is 17.3 Å². The molecule has 78 valence electrons. The second kappa shape index (κ2) is 4.43. The van der Waals surface area contributed by atoms with Crippen molar-refractivity contribution < 1.29 is 4.74 Å². The van der Waals surface area contributed by atoms with Crippen LogP contribution in [-0.2, 0) is 4.74 Å². The van der Waals surface area contributed by atoms with E-state index in [1.165, 1.54) is 19.3 Å². The Kier molecular flexibility index (Phi) is 3.74. The van der Waals surface area contributed by atoms with Gasteiger partial charge in [-0.2, -0.15) is 0 Å². The maximum absolute atomic E-state index is 5.76. The third-order valence-electron chi connectivity index (χ3n) is 3.36. The Bertz CT molecular complexity index is 156. The molecular weight excluding hydrogens is 162 g/mol. The lowest BCUT2D eigenvalue weighted by atomic mass is 9.67. The molecule has 1 saturated carbocycles. The van der Waals surface area contributed by atoms with E-state index in [-0.39, 0.29) is 0 Å². The molecule has 1 rings (SSSR count). The van der Waals surface area contributed by atoms with Crippen LogP contribution in [0.5, 0.6) is 0 Å². The summed E-state index contributed by atoms with van der Waals surface area (Å²) in [6.45, 7) is 6.40. The zero-order chi connectivity index (χ0) is 9.90. The zero-order valence-corrected chi connectivity index (χ0v) is 9.18. The minimum absolute atomic E-state index is 0.495. The molecular formula is C11H23NO. The lowest BCUT2D eigenvalue weighted by Gasteiger charge is -2.40. The van der Waals surface area contributed by atoms with Crippen molar-refractivity contribution in [1.82, 2.24) is 0 Å². The van der Waals surface area contributed by atoms with Gasteiger partial charge < -0.3 is 10.5 Å². The van der Waals surface area contributed by atoms with E-state index in [2.05, 4.69) is 13.8 Å². The quantitative estimate of drug-likeness (QED) is 0.730. The molecule has 2 unspecified atom stereocenters. The molecule has 2 nitrogen and oxygen atoms in total. The van der Waals surface area contributed by atoms with Crippen molar-refractivity contribution in [2.45, 2.75) is 33.1 Å². The monoisotopic (exact) mass is 185 g/mol. The molecule has 0 aromatic rings. The normalized spacial score (nSPS) is 33.2. The number of hydrogen-bond acceptors (Lipinski definition) is 2. The molecule has 2 heteroatoms. The fourth-order valence-corrected chi connectivity index (χ4v) is 2.51. The molecule has 0 spiro atoms. The Morgan fingerprint density at radius 1 is 1.38 bits per heavy atom. The maximum Gasteiger partial charge on any atom is 0.0493 e. The van der Waals surface area contributed by atoms with Gasteiger partial charge >= 0.3 is 0 Å². The van der Waals surface area contributed by atoms with Crippen LogP contribution in [0.25, 0.3) is 0 Å². The Morgan fingerprint density at radius 3 is 2.62 bits per heavy atom. The number of methoxy groups -OCH3 is 1. The van der Waals surface area contributed by atoms with E-state index in [4.69, 9.17) is 10.5 Å². The van der Waals surface area contributed by atoms with Crippen molar-refractivity contribution in [2.24, 2.45) is 23.0 Å². The van der Waals surface area contributed by atoms with Gasteiger partial charge in [0.1, 0.15) is 0 Å². The van der Waals surface area contributed by atoms with Crippen LogP contribution in [0.1, 0.15) is 33.1 Å². The molecule has 2 N–H and O–H groups in total. The minimum Gasteiger partial charge on any atom is -0.384 e. The zero-order valence-electron chi connectivity index (χ0n) is 9.18. The van der Waals surface area contributed by atoms with Gasteiger partial charge in [0.15, 0.2) is 0 Å². The van der Waals surface area contributed by atoms with Crippen LogP contribution < -0.4 is 5.73 Å². The third kappa shape index (κ3) is 2.96. The highest BCUT2D eigenvalue weighted by atomic mass is 16.5. The molecule has 0 bridgehead atoms. The second-order valence-corrected chi connectivity index (χ2v) is 5.12. The fraction of sp³-hybridized carbons (Fsp3) is 1.00. The van der Waals surface area contributed by atoms with Crippen molar-refractivity contribution in [2.75, 3.05) is 20.3 Å². The van der Waals surface area contributed by atoms with Crippen molar-refractivity contribution in [1.29, 1.82) is 0 Å². The molecule has 0 amide bonds. The highest BCUT2D eigenvalue weighted by molar-refractivity contribution is 4.85. The summed E-state index contributed by atoms with van der Waals surface area (Å²) in [5.41, 5.74) is 6.25. The van der Waals surface area contributed by atoms with Crippen LogP contribution in [-0.4, -0.2) is 20.3 Å². The predicted molar refractivity (Wildman–Crippen MR) is 55.5 cm³/mol. The SMILES string of the molecule is COCC1CC(C)(C)CCC1CN. The number of ether oxygens (including phenoxy) is 1. The minimum atomic E-state index is 0.495. The summed E-state index contributed by atoms with van der Waals surface area (Å²) in [6.07, 6.45) is 3.86. The van der Waals surface area contributed by atoms with Gasteiger partial charge in [-0.25, -0.2) is 0 Å². The molecule has 1 aliphatic rings. The van der Waals surface area contributed by atoms with Gasteiger partial charge in [-0.1, -0.05) is 13.8 Å². The van der Waals surface area contributed by atoms with Gasteiger partial charge in [0.2, 0.25) is 0 Å². The molecule has 0 aromatic heterocycles. The Hall–Kier alpha value is -0.0800. The van der Waals surface area contributed by atoms with Crippen LogP contribution in [0.15, 0.2) is 0 Å². The van der Waals surface area contributed by atoms with Crippen LogP contribution in [0.3, 0.4) is 0 Å². The number of hydrogen-bond donors (Lipinski definition) is 1. The topological polar surface area (TPSA) is 35.2 Å². The van der Waals surface area contributed by atoms with Gasteiger partial charge in [0, 0.05) is 13.7 Å². The molecule has 1 aliphatic carbocycles. The van der Waals surface area contributed by atoms with Crippen molar-refractivity contribution >= 4 is 0 Å². The first-order valence-corrected chi connectivity index (χ1v) is 5.28. The second-order valence-electron chi connectivity index (χ2n) is 5.12. The first kappa shape index (κ1) is 11.0. The van der Waals surface area contributed by atoms with Crippen molar-refractivity contribution in [3.63, 3.8) is 0 Å². The highest BCUT2D eigenvalue weighted by Gasteiger charge is 2.33. The molecule has 0 saturated heterocycles. The molecule has 0 aromatic carbocycles. The van der Waals surface area contributed by atoms with Gasteiger partial charge in [0.05, 0.1) is 0 Å². The summed E-state index contributed by atoms with van der Waals surface area (Å²) < 4.78 is 5.25. The summed E-state index contributed by atoms with van der Waals surface area (Å²) in [5.74, 6) is 1.37. The van der Waals surface area contributed by atoms with E-state index in [1.54, 1.807) is 7.11 Å². The van der Waals surface area contributed by atoms with Gasteiger partial charge in [0.25, 0.3) is 0 Å². The Labute approximate surface area is 81.8 Å². The summed E-state index contributed by atoms with van der Waals surface area (Å²) in [6, 6.07) is 0. The van der Waals surface area contributed by atoms with Crippen LogP contribution >= 0.6 is 0 Å². The Balaban J connectivity index is 2.52. The predicted octanol–water partition coefficient (Wildman–Crippen LogP) is 2.03. The average Bonchev–Trinajstić information content (AvgIpc) is 2.04. The third-order valence-corrected chi connectivity index (χ3v) is 3.36. The van der Waals surface area contributed by atoms with E-state index >= 15 is 0 Å². The largest absolute Gasteiger partial charge is 0.384 e. The molecule has 0 heterocycles. The standard InChI is InChI=1S/C11H23NO/c1-11(2)5-4-9(7-12)10(6-11)8-13-3/h9-10H,4-8,12H2,1-3H3. The number of rotatable bonds is 3. The summed E-state index contributed by atoms with van der Waals surface area (Å²) in [4.78, 5) is 0. The molecule has 13 heavy (non-hydrogen) atoms. The van der Waals surface area contributed by atoms with Gasteiger partial charge in [-0.15, -0.1) is 0 Å². The van der Waals surface area contributed by atoms with E-state index in [0.717, 1.165) is 13.2 Å². The van der Waals surface area contributed by atoms with E-state index in [1.807, 2.05) is 0 Å². The summed E-state index contributed by atoms with van der Waals surface area (Å²) >= 11 is 0. The van der Waals surface area contributed by atoms with Crippen molar-refractivity contribution in [3.05, 3.63) is 0 Å². The van der Waals surface area contributed by atoms with E-state index in [9.17, 15) is 0 Å². The van der Waals surface area contributed by atoms with Crippen molar-refractivity contribution in [3.8, 4) is 0 Å². The first-order valence-electron chi connectivity index (χ1n) is 5.28. The van der Waals surface area contributed by atoms with Gasteiger partial charge in [-0.3, -0.25) is 0 Å². The summed E-state index contributed by atoms with van der Waals surface area (Å²) in [5, 5.41) is 0. The maximum atomic E-state index is 5.76. The first-order chi connectivity index (χ1) is 6.09. The van der Waals surface area contributed by atoms with Crippen LogP contribution in [0.2, 0.25) is 0 Å². The molecule has 0 aliphatic heterocycles. The highest BCUT2D eigenvalue weighted by Crippen LogP contribution is 2.41. The fourth-order valence-electron chi connectivity index (χ4n) is 2.51. The van der Waals surface area contributed by atoms with Crippen LogP contribution in [0.4, 0.5) is 0 Å². The average molecular weight is 185 g/mol. The lowest BCUT2D eigenvalue weighted by Crippen LogP contribution is -2.36. The molecule has 0 radical (unpaired) electrons. The van der Waals surface area contributed by atoms with Crippen LogP contribution in [0, 0.1) is 17.3 Å².